The van der Waals surface area contributed by atoms with E-state index in [1.54, 1.807) is 0 Å². The molecule has 0 amide bonds. The highest BCUT2D eigenvalue weighted by molar-refractivity contribution is 4.93. The molecule has 1 unspecified atom stereocenters. The summed E-state index contributed by atoms with van der Waals surface area (Å²) < 4.78 is 59.2. The first-order valence-corrected chi connectivity index (χ1v) is 10.9. The molecule has 14 nitrogen and oxygen atoms in total. The highest BCUT2D eigenvalue weighted by atomic mass is 19.1. The highest BCUT2D eigenvalue weighted by Gasteiger charge is 2.49. The van der Waals surface area contributed by atoms with Gasteiger partial charge in [0, 0.05) is 7.11 Å². The van der Waals surface area contributed by atoms with Crippen molar-refractivity contribution < 1.29 is 78.1 Å². The average molecular weight is 522 g/mol. The first-order valence-electron chi connectivity index (χ1n) is 10.9. The van der Waals surface area contributed by atoms with E-state index in [4.69, 9.17) is 28.4 Å². The van der Waals surface area contributed by atoms with Gasteiger partial charge in [0.05, 0.1) is 19.8 Å². The van der Waals surface area contributed by atoms with Gasteiger partial charge in [0.1, 0.15) is 61.0 Å². The van der Waals surface area contributed by atoms with Crippen molar-refractivity contribution in [1.82, 2.24) is 0 Å². The Bertz CT molecular complexity index is 609. The van der Waals surface area contributed by atoms with Crippen LogP contribution in [0, 0.1) is 0 Å². The lowest BCUT2D eigenvalue weighted by Gasteiger charge is -2.43. The maximum absolute atomic E-state index is 14.1. The molecule has 206 valence electrons. The number of hydrogen-bond acceptors (Lipinski definition) is 14. The number of hydrogen-bond donors (Lipinski definition) is 8. The number of alkyl halides is 2. The minimum atomic E-state index is -2.21. The first-order chi connectivity index (χ1) is 16.5. The zero-order valence-corrected chi connectivity index (χ0v) is 18.6. The Morgan fingerprint density at radius 2 is 1.00 bits per heavy atom. The third kappa shape index (κ3) is 6.07. The Kier molecular flexibility index (Phi) is 10.1. The topological polar surface area (TPSA) is 217 Å². The van der Waals surface area contributed by atoms with Crippen LogP contribution < -0.4 is 0 Å². The molecule has 0 bridgehead atoms. The van der Waals surface area contributed by atoms with Crippen LogP contribution in [0.25, 0.3) is 0 Å². The van der Waals surface area contributed by atoms with Gasteiger partial charge in [-0.3, -0.25) is 0 Å². The lowest BCUT2D eigenvalue weighted by Crippen LogP contribution is -2.62. The van der Waals surface area contributed by atoms with Gasteiger partial charge < -0.3 is 69.3 Å². The van der Waals surface area contributed by atoms with E-state index in [9.17, 15) is 49.6 Å². The van der Waals surface area contributed by atoms with E-state index in [2.05, 4.69) is 0 Å². The van der Waals surface area contributed by atoms with Crippen molar-refractivity contribution in [3.63, 3.8) is 0 Å². The van der Waals surface area contributed by atoms with Crippen LogP contribution in [0.2, 0.25) is 0 Å². The third-order valence-corrected chi connectivity index (χ3v) is 6.17. The molecule has 0 spiro atoms. The van der Waals surface area contributed by atoms with Crippen molar-refractivity contribution in [2.75, 3.05) is 26.9 Å². The molecule has 0 aromatic heterocycles. The summed E-state index contributed by atoms with van der Waals surface area (Å²) in [5.41, 5.74) is 0. The molecule has 3 heterocycles. The zero-order valence-electron chi connectivity index (χ0n) is 18.6. The molecule has 0 aromatic carbocycles. The Hall–Kier alpha value is -0.700. The van der Waals surface area contributed by atoms with Gasteiger partial charge in [0.25, 0.3) is 0 Å². The Morgan fingerprint density at radius 3 is 1.54 bits per heavy atom. The van der Waals surface area contributed by atoms with E-state index in [-0.39, 0.29) is 0 Å². The smallest absolute Gasteiger partial charge is 0.187 e. The van der Waals surface area contributed by atoms with Crippen molar-refractivity contribution in [3.8, 4) is 0 Å². The summed E-state index contributed by atoms with van der Waals surface area (Å²) in [7, 11) is 1.15. The predicted octanol–water partition coefficient (Wildman–Crippen LogP) is -4.96. The largest absolute Gasteiger partial charge is 0.394 e. The quantitative estimate of drug-likeness (QED) is 0.150. The van der Waals surface area contributed by atoms with E-state index in [0.29, 0.717) is 0 Å². The van der Waals surface area contributed by atoms with Crippen LogP contribution in [0.1, 0.15) is 0 Å². The van der Waals surface area contributed by atoms with Gasteiger partial charge in [-0.1, -0.05) is 0 Å². The number of aliphatic hydroxyl groups excluding tert-OH is 8. The highest BCUT2D eigenvalue weighted by Crippen LogP contribution is 2.29. The van der Waals surface area contributed by atoms with Crippen molar-refractivity contribution in [1.29, 1.82) is 0 Å². The Labute approximate surface area is 198 Å². The molecule has 35 heavy (non-hydrogen) atoms. The van der Waals surface area contributed by atoms with Crippen LogP contribution in [0.5, 0.6) is 0 Å². The summed E-state index contributed by atoms with van der Waals surface area (Å²) in [6, 6.07) is 0. The van der Waals surface area contributed by atoms with Gasteiger partial charge in [-0.05, 0) is 0 Å². The standard InChI is InChI=1S/C19H32F2O14/c1-30-17-13(26)9(21)11(24)6(34-17)3-32-19-16(29)15(28)12(25)7(35-19)4-31-18-14(27)8(20)10(23)5(2-22)33-18/h5-19,22-29H,2-4H2,1H3/t5-,6-,7-,8+,9+,10+,11+,12+,13-,14-,15+,16-,17-,18-,19?/m1/s1. The average Bonchev–Trinajstić information content (AvgIpc) is 2.85. The molecule has 8 N–H and O–H groups in total. The van der Waals surface area contributed by atoms with Gasteiger partial charge in [0.15, 0.2) is 31.2 Å². The summed E-state index contributed by atoms with van der Waals surface area (Å²) in [6.07, 6.45) is -25.9. The maximum Gasteiger partial charge on any atom is 0.187 e. The first kappa shape index (κ1) is 28.9. The van der Waals surface area contributed by atoms with E-state index in [1.807, 2.05) is 0 Å². The number of halogens is 2. The molecule has 15 atom stereocenters. The van der Waals surface area contributed by atoms with Crippen LogP contribution >= 0.6 is 0 Å². The second-order valence-electron chi connectivity index (χ2n) is 8.54. The van der Waals surface area contributed by atoms with Crippen molar-refractivity contribution in [2.24, 2.45) is 0 Å². The van der Waals surface area contributed by atoms with Gasteiger partial charge in [-0.2, -0.15) is 0 Å². The van der Waals surface area contributed by atoms with Crippen LogP contribution in [0.4, 0.5) is 8.78 Å². The third-order valence-electron chi connectivity index (χ3n) is 6.17. The van der Waals surface area contributed by atoms with Crippen LogP contribution in [-0.4, -0.2) is 160 Å². The monoisotopic (exact) mass is 522 g/mol. The number of rotatable bonds is 8. The van der Waals surface area contributed by atoms with E-state index >= 15 is 0 Å². The Balaban J connectivity index is 1.59. The van der Waals surface area contributed by atoms with Crippen molar-refractivity contribution in [2.45, 2.75) is 92.3 Å². The Morgan fingerprint density at radius 1 is 0.571 bits per heavy atom. The van der Waals surface area contributed by atoms with Gasteiger partial charge in [0.2, 0.25) is 0 Å². The summed E-state index contributed by atoms with van der Waals surface area (Å²) in [5.74, 6) is 0. The molecule has 0 aliphatic carbocycles. The van der Waals surface area contributed by atoms with E-state index < -0.39 is 112 Å². The molecule has 3 fully saturated rings. The predicted molar refractivity (Wildman–Crippen MR) is 104 cm³/mol. The SMILES string of the molecule is CO[C@@H]1O[C@H](COC2O[C@H](CO[C@@H]3O[C@H](CO)[C@H](O)[C@H](F)[C@H]3O)[C@H](O)[C@H](O)[C@H]2O)[C@H](O)[C@H](F)[C@H]1O. The fraction of sp³-hybridized carbons (Fsp3) is 1.00. The van der Waals surface area contributed by atoms with E-state index in [1.165, 1.54) is 0 Å². The molecule has 3 aliphatic heterocycles. The fourth-order valence-electron chi connectivity index (χ4n) is 3.97. The molecule has 16 heteroatoms. The number of ether oxygens (including phenoxy) is 6. The number of aliphatic hydroxyl groups is 8. The summed E-state index contributed by atoms with van der Waals surface area (Å²) in [5, 5.41) is 79.0. The van der Waals surface area contributed by atoms with Crippen LogP contribution in [0.3, 0.4) is 0 Å². The fourth-order valence-corrected chi connectivity index (χ4v) is 3.97. The lowest BCUT2D eigenvalue weighted by atomic mass is 9.98. The molecular formula is C19H32F2O14. The summed E-state index contributed by atoms with van der Waals surface area (Å²) >= 11 is 0. The van der Waals surface area contributed by atoms with Crippen LogP contribution in [-0.2, 0) is 28.4 Å². The zero-order chi connectivity index (χ0) is 26.0. The summed E-state index contributed by atoms with van der Waals surface area (Å²) in [6.45, 7) is -1.98. The lowest BCUT2D eigenvalue weighted by molar-refractivity contribution is -0.337. The van der Waals surface area contributed by atoms with Crippen molar-refractivity contribution >= 4 is 0 Å². The molecule has 0 saturated carbocycles. The second kappa shape index (κ2) is 12.2. The van der Waals surface area contributed by atoms with Gasteiger partial charge >= 0.3 is 0 Å². The molecular weight excluding hydrogens is 490 g/mol. The normalized spacial score (nSPS) is 51.3. The maximum atomic E-state index is 14.1. The molecule has 3 rings (SSSR count). The minimum Gasteiger partial charge on any atom is -0.394 e. The van der Waals surface area contributed by atoms with Gasteiger partial charge in [-0.25, -0.2) is 8.78 Å². The van der Waals surface area contributed by atoms with Crippen molar-refractivity contribution in [3.05, 3.63) is 0 Å². The molecule has 0 radical (unpaired) electrons. The van der Waals surface area contributed by atoms with Crippen LogP contribution in [0.15, 0.2) is 0 Å². The van der Waals surface area contributed by atoms with Gasteiger partial charge in [-0.15, -0.1) is 0 Å². The number of methoxy groups -OCH3 is 1. The molecule has 3 saturated heterocycles. The molecule has 3 aliphatic rings. The molecule has 0 aromatic rings. The van der Waals surface area contributed by atoms with E-state index in [0.717, 1.165) is 7.11 Å². The summed E-state index contributed by atoms with van der Waals surface area (Å²) in [4.78, 5) is 0. The second-order valence-corrected chi connectivity index (χ2v) is 8.54. The minimum absolute atomic E-state index is 0.587.